The lowest BCUT2D eigenvalue weighted by Gasteiger charge is -2.35. The highest BCUT2D eigenvalue weighted by Gasteiger charge is 2.34. The molecule has 0 spiro atoms. The Balaban J connectivity index is 0. The standard InChI is InChI=1S/C9H18O4.C2H7NO2S.CH4O/c1-5(2)12-8-4-7(10)9(11)6(3)13-8;1-3-6(2,4)5;1-2/h5-11H,4H2,1-3H3;3H,1-2H3;2H,1H3. The van der Waals surface area contributed by atoms with Crippen LogP contribution in [-0.2, 0) is 19.5 Å². The second-order valence-corrected chi connectivity index (χ2v) is 6.68. The van der Waals surface area contributed by atoms with Crippen LogP contribution in [0.15, 0.2) is 0 Å². The molecule has 4 unspecified atom stereocenters. The lowest BCUT2D eigenvalue weighted by atomic mass is 10.0. The van der Waals surface area contributed by atoms with E-state index in [1.54, 1.807) is 6.92 Å². The van der Waals surface area contributed by atoms with E-state index in [1.807, 2.05) is 13.8 Å². The molecular weight excluding hydrogens is 302 g/mol. The molecule has 130 valence electrons. The number of ether oxygens (including phenoxy) is 2. The molecule has 1 heterocycles. The smallest absolute Gasteiger partial charge is 0.208 e. The van der Waals surface area contributed by atoms with Crippen molar-refractivity contribution in [3.8, 4) is 0 Å². The first-order valence-electron chi connectivity index (χ1n) is 6.57. The van der Waals surface area contributed by atoms with E-state index in [4.69, 9.17) is 14.6 Å². The summed E-state index contributed by atoms with van der Waals surface area (Å²) in [6.07, 6.45) is -0.795. The van der Waals surface area contributed by atoms with E-state index in [2.05, 4.69) is 4.72 Å². The van der Waals surface area contributed by atoms with Gasteiger partial charge in [0.1, 0.15) is 6.10 Å². The van der Waals surface area contributed by atoms with Gasteiger partial charge in [0, 0.05) is 13.5 Å². The average molecular weight is 331 g/mol. The third-order valence-electron chi connectivity index (χ3n) is 2.47. The molecule has 0 aromatic heterocycles. The summed E-state index contributed by atoms with van der Waals surface area (Å²) in [6.45, 7) is 5.54. The first-order valence-corrected chi connectivity index (χ1v) is 8.46. The molecule has 9 heteroatoms. The maximum Gasteiger partial charge on any atom is 0.208 e. The molecule has 1 aliphatic heterocycles. The molecule has 0 aromatic carbocycles. The fourth-order valence-electron chi connectivity index (χ4n) is 1.42. The van der Waals surface area contributed by atoms with E-state index >= 15 is 0 Å². The van der Waals surface area contributed by atoms with Crippen molar-refractivity contribution in [2.24, 2.45) is 0 Å². The van der Waals surface area contributed by atoms with Crippen LogP contribution in [0.1, 0.15) is 27.2 Å². The van der Waals surface area contributed by atoms with Gasteiger partial charge in [0.15, 0.2) is 6.29 Å². The third-order valence-corrected chi connectivity index (χ3v) is 3.21. The van der Waals surface area contributed by atoms with Crippen molar-refractivity contribution in [2.45, 2.75) is 57.9 Å². The number of hydrogen-bond acceptors (Lipinski definition) is 7. The van der Waals surface area contributed by atoms with E-state index in [0.717, 1.165) is 13.4 Å². The van der Waals surface area contributed by atoms with Gasteiger partial charge < -0.3 is 24.8 Å². The van der Waals surface area contributed by atoms with Crippen LogP contribution in [0.2, 0.25) is 0 Å². The lowest BCUT2D eigenvalue weighted by molar-refractivity contribution is -0.255. The van der Waals surface area contributed by atoms with Gasteiger partial charge in [0.25, 0.3) is 0 Å². The molecular formula is C12H29NO7S. The summed E-state index contributed by atoms with van der Waals surface area (Å²) in [6, 6.07) is 0. The minimum atomic E-state index is -2.91. The molecule has 1 aliphatic rings. The van der Waals surface area contributed by atoms with Crippen LogP contribution in [0, 0.1) is 0 Å². The number of aliphatic hydroxyl groups is 3. The predicted octanol–water partition coefficient (Wildman–Crippen LogP) is -0.958. The molecule has 0 aromatic rings. The van der Waals surface area contributed by atoms with Crippen LogP contribution in [0.25, 0.3) is 0 Å². The first kappa shape index (κ1) is 23.0. The van der Waals surface area contributed by atoms with Crippen LogP contribution in [0.3, 0.4) is 0 Å². The van der Waals surface area contributed by atoms with Crippen molar-refractivity contribution in [2.75, 3.05) is 20.4 Å². The van der Waals surface area contributed by atoms with Crippen LogP contribution in [-0.4, -0.2) is 74.9 Å². The summed E-state index contributed by atoms with van der Waals surface area (Å²) in [7, 11) is -0.542. The second kappa shape index (κ2) is 11.3. The molecule has 0 aliphatic carbocycles. The zero-order chi connectivity index (χ0) is 17.2. The highest BCUT2D eigenvalue weighted by molar-refractivity contribution is 7.88. The maximum absolute atomic E-state index is 9.89. The quantitative estimate of drug-likeness (QED) is 0.525. The van der Waals surface area contributed by atoms with Crippen molar-refractivity contribution in [3.63, 3.8) is 0 Å². The molecule has 0 radical (unpaired) electrons. The summed E-state index contributed by atoms with van der Waals surface area (Å²) in [5.74, 6) is 0. The number of aliphatic hydroxyl groups excluding tert-OH is 3. The Hall–Kier alpha value is -0.290. The maximum atomic E-state index is 9.89. The van der Waals surface area contributed by atoms with Crippen molar-refractivity contribution in [3.05, 3.63) is 0 Å². The van der Waals surface area contributed by atoms with E-state index in [9.17, 15) is 18.6 Å². The lowest BCUT2D eigenvalue weighted by Crippen LogP contribution is -2.48. The van der Waals surface area contributed by atoms with Crippen molar-refractivity contribution < 1.29 is 33.2 Å². The molecule has 0 saturated carbocycles. The monoisotopic (exact) mass is 331 g/mol. The number of hydrogen-bond donors (Lipinski definition) is 4. The first-order chi connectivity index (χ1) is 9.56. The Morgan fingerprint density at radius 3 is 2.00 bits per heavy atom. The average Bonchev–Trinajstić information content (AvgIpc) is 2.37. The van der Waals surface area contributed by atoms with Crippen LogP contribution in [0.4, 0.5) is 0 Å². The summed E-state index contributed by atoms with van der Waals surface area (Å²) >= 11 is 0. The number of rotatable bonds is 3. The third kappa shape index (κ3) is 12.0. The number of nitrogens with one attached hydrogen (secondary N) is 1. The second-order valence-electron chi connectivity index (χ2n) is 4.73. The van der Waals surface area contributed by atoms with Gasteiger partial charge >= 0.3 is 0 Å². The molecule has 1 fully saturated rings. The minimum absolute atomic E-state index is 0.0691. The summed E-state index contributed by atoms with van der Waals surface area (Å²) in [5.41, 5.74) is 0. The molecule has 0 bridgehead atoms. The molecule has 1 rings (SSSR count). The molecule has 1 saturated heterocycles. The molecule has 4 N–H and O–H groups in total. The fourth-order valence-corrected chi connectivity index (χ4v) is 1.42. The van der Waals surface area contributed by atoms with Gasteiger partial charge in [-0.3, -0.25) is 0 Å². The Bertz CT molecular complexity index is 336. The zero-order valence-corrected chi connectivity index (χ0v) is 14.3. The fraction of sp³-hybridized carbons (Fsp3) is 1.00. The van der Waals surface area contributed by atoms with Gasteiger partial charge in [-0.1, -0.05) is 0 Å². The molecule has 4 atom stereocenters. The van der Waals surface area contributed by atoms with Gasteiger partial charge in [0.05, 0.1) is 24.6 Å². The Morgan fingerprint density at radius 2 is 1.71 bits per heavy atom. The highest BCUT2D eigenvalue weighted by Crippen LogP contribution is 2.21. The van der Waals surface area contributed by atoms with Crippen LogP contribution in [0.5, 0.6) is 0 Å². The Labute approximate surface area is 127 Å². The van der Waals surface area contributed by atoms with Crippen LogP contribution < -0.4 is 4.72 Å². The SMILES string of the molecule is CC(C)OC1CC(O)C(O)C(C)O1.CNS(C)(=O)=O.CO. The van der Waals surface area contributed by atoms with Gasteiger partial charge in [-0.15, -0.1) is 0 Å². The topological polar surface area (TPSA) is 125 Å². The van der Waals surface area contributed by atoms with E-state index in [1.165, 1.54) is 7.05 Å². The number of sulfonamides is 1. The normalized spacial score (nSPS) is 29.0. The van der Waals surface area contributed by atoms with Gasteiger partial charge in [-0.25, -0.2) is 13.1 Å². The summed E-state index contributed by atoms with van der Waals surface area (Å²) in [4.78, 5) is 0. The summed E-state index contributed by atoms with van der Waals surface area (Å²) < 4.78 is 32.6. The molecule has 0 amide bonds. The predicted molar refractivity (Wildman–Crippen MR) is 79.2 cm³/mol. The van der Waals surface area contributed by atoms with Crippen LogP contribution >= 0.6 is 0 Å². The Morgan fingerprint density at radius 1 is 1.29 bits per heavy atom. The van der Waals surface area contributed by atoms with E-state index < -0.39 is 28.5 Å². The summed E-state index contributed by atoms with van der Waals surface area (Å²) in [5, 5.41) is 25.8. The van der Waals surface area contributed by atoms with Gasteiger partial charge in [-0.2, -0.15) is 0 Å². The van der Waals surface area contributed by atoms with E-state index in [-0.39, 0.29) is 12.2 Å². The molecule has 8 nitrogen and oxygen atoms in total. The highest BCUT2D eigenvalue weighted by atomic mass is 32.2. The van der Waals surface area contributed by atoms with Crippen molar-refractivity contribution >= 4 is 10.0 Å². The van der Waals surface area contributed by atoms with Gasteiger partial charge in [-0.05, 0) is 27.8 Å². The minimum Gasteiger partial charge on any atom is -0.400 e. The largest absolute Gasteiger partial charge is 0.400 e. The molecule has 21 heavy (non-hydrogen) atoms. The Kier molecular flexibility index (Phi) is 12.4. The zero-order valence-electron chi connectivity index (χ0n) is 13.5. The van der Waals surface area contributed by atoms with Crippen molar-refractivity contribution in [1.82, 2.24) is 4.72 Å². The van der Waals surface area contributed by atoms with Crippen molar-refractivity contribution in [1.29, 1.82) is 0 Å². The van der Waals surface area contributed by atoms with E-state index in [0.29, 0.717) is 6.42 Å². The van der Waals surface area contributed by atoms with Gasteiger partial charge in [0.2, 0.25) is 10.0 Å².